The highest BCUT2D eigenvalue weighted by Crippen LogP contribution is 2.35. The Morgan fingerprint density at radius 2 is 1.62 bits per heavy atom. The van der Waals surface area contributed by atoms with Crippen LogP contribution in [-0.4, -0.2) is 62.7 Å². The summed E-state index contributed by atoms with van der Waals surface area (Å²) in [5, 5.41) is 10.6. The molecule has 12 heteroatoms. The summed E-state index contributed by atoms with van der Waals surface area (Å²) in [6.07, 6.45) is -5.19. The average molecular weight is 563 g/mol. The molecule has 1 fully saturated rings. The predicted octanol–water partition coefficient (Wildman–Crippen LogP) is 4.27. The van der Waals surface area contributed by atoms with E-state index >= 15 is 0 Å². The van der Waals surface area contributed by atoms with Crippen molar-refractivity contribution in [2.24, 2.45) is 0 Å². The number of carbonyl (C=O) groups is 1. The molecule has 40 heavy (non-hydrogen) atoms. The number of benzene rings is 2. The Morgan fingerprint density at radius 3 is 2.20 bits per heavy atom. The molecule has 0 unspecified atom stereocenters. The number of hydrogen-bond donors (Lipinski definition) is 1. The minimum Gasteiger partial charge on any atom is -0.502 e. The van der Waals surface area contributed by atoms with Gasteiger partial charge in [0, 0.05) is 37.9 Å². The van der Waals surface area contributed by atoms with Crippen molar-refractivity contribution in [1.82, 2.24) is 4.90 Å². The van der Waals surface area contributed by atoms with Crippen LogP contribution in [0.3, 0.4) is 0 Å². The van der Waals surface area contributed by atoms with Crippen molar-refractivity contribution in [3.8, 4) is 17.2 Å². The number of piperazine rings is 1. The van der Waals surface area contributed by atoms with E-state index in [1.807, 2.05) is 24.3 Å². The molecule has 1 aliphatic rings. The summed E-state index contributed by atoms with van der Waals surface area (Å²) < 4.78 is 57.6. The molecule has 4 rings (SSSR count). The molecule has 214 valence electrons. The minimum absolute atomic E-state index is 0.172. The summed E-state index contributed by atoms with van der Waals surface area (Å²) in [5.74, 6) is -1.91. The highest BCUT2D eigenvalue weighted by Gasteiger charge is 2.32. The summed E-state index contributed by atoms with van der Waals surface area (Å²) in [6, 6.07) is 13.7. The Bertz CT molecular complexity index is 1350. The molecule has 2 aromatic carbocycles. The third-order valence-corrected chi connectivity index (χ3v) is 6.62. The first-order valence-electron chi connectivity index (χ1n) is 12.5. The molecule has 1 N–H and O–H groups in total. The number of esters is 1. The predicted molar refractivity (Wildman–Crippen MR) is 139 cm³/mol. The lowest BCUT2D eigenvalue weighted by atomic mass is 9.92. The fourth-order valence-electron chi connectivity index (χ4n) is 4.56. The molecule has 2 heterocycles. The Labute approximate surface area is 228 Å². The number of anilines is 1. The van der Waals surface area contributed by atoms with Crippen molar-refractivity contribution in [2.45, 2.75) is 25.2 Å². The molecule has 1 atom stereocenters. The van der Waals surface area contributed by atoms with E-state index in [1.54, 1.807) is 7.11 Å². The molecule has 0 spiro atoms. The lowest BCUT2D eigenvalue weighted by Crippen LogP contribution is -2.46. The van der Waals surface area contributed by atoms with Gasteiger partial charge >= 0.3 is 12.3 Å². The quantitative estimate of drug-likeness (QED) is 0.383. The second kappa shape index (κ2) is 12.3. The van der Waals surface area contributed by atoms with Crippen molar-refractivity contribution >= 4 is 11.7 Å². The highest BCUT2D eigenvalue weighted by molar-refractivity contribution is 5.71. The average Bonchev–Trinajstić information content (AvgIpc) is 2.94. The van der Waals surface area contributed by atoms with Gasteiger partial charge in [-0.3, -0.25) is 14.5 Å². The Balaban J connectivity index is 1.53. The van der Waals surface area contributed by atoms with Gasteiger partial charge in [-0.2, -0.15) is 0 Å². The number of halogens is 3. The first-order chi connectivity index (χ1) is 19.1. The zero-order valence-corrected chi connectivity index (χ0v) is 21.9. The largest absolute Gasteiger partial charge is 0.573 e. The van der Waals surface area contributed by atoms with Crippen LogP contribution >= 0.6 is 0 Å². The lowest BCUT2D eigenvalue weighted by molar-refractivity contribution is -0.274. The van der Waals surface area contributed by atoms with E-state index in [-0.39, 0.29) is 24.5 Å². The minimum atomic E-state index is -4.87. The number of alkyl halides is 3. The van der Waals surface area contributed by atoms with Crippen molar-refractivity contribution in [2.75, 3.05) is 45.3 Å². The second-order valence-electron chi connectivity index (χ2n) is 9.20. The summed E-state index contributed by atoms with van der Waals surface area (Å²) >= 11 is 0. The number of ether oxygens (including phenoxy) is 3. The van der Waals surface area contributed by atoms with Crippen LogP contribution in [0.15, 0.2) is 63.8 Å². The molecule has 9 nitrogen and oxygen atoms in total. The van der Waals surface area contributed by atoms with Gasteiger partial charge in [0.15, 0.2) is 5.76 Å². The first kappa shape index (κ1) is 28.8. The standard InChI is InChI=1S/C28H29F3N2O7/c1-37-20-9-5-19(6-10-20)33-13-11-32(12-14-33)17-22-15-24(34)26(36)27(39-22)23(16-25(35)38-2)18-3-7-21(8-4-18)40-28(29,30)31/h3-10,15,23,36H,11-14,16-17H2,1-2H3/t23-/m1/s1. The molecular formula is C28H29F3N2O7. The van der Waals surface area contributed by atoms with Crippen LogP contribution in [0.5, 0.6) is 17.2 Å². The Kier molecular flexibility index (Phi) is 8.88. The molecule has 0 amide bonds. The van der Waals surface area contributed by atoms with E-state index < -0.39 is 35.2 Å². The maximum absolute atomic E-state index is 12.7. The smallest absolute Gasteiger partial charge is 0.502 e. The highest BCUT2D eigenvalue weighted by atomic mass is 19.4. The van der Waals surface area contributed by atoms with Gasteiger partial charge in [0.05, 0.1) is 33.1 Å². The van der Waals surface area contributed by atoms with Crippen LogP contribution in [0.1, 0.15) is 29.4 Å². The SMILES string of the molecule is COC(=O)C[C@H](c1ccc(OC(F)(F)F)cc1)c1oc(CN2CCN(c3ccc(OC)cc3)CC2)cc(=O)c1O. The molecule has 3 aromatic rings. The maximum Gasteiger partial charge on any atom is 0.573 e. The van der Waals surface area contributed by atoms with Crippen molar-refractivity contribution in [3.63, 3.8) is 0 Å². The van der Waals surface area contributed by atoms with E-state index in [0.717, 1.165) is 36.7 Å². The van der Waals surface area contributed by atoms with Crippen LogP contribution < -0.4 is 19.8 Å². The number of hydrogen-bond acceptors (Lipinski definition) is 9. The number of aromatic hydroxyl groups is 1. The first-order valence-corrected chi connectivity index (χ1v) is 12.5. The summed E-state index contributed by atoms with van der Waals surface area (Å²) in [7, 11) is 2.79. The van der Waals surface area contributed by atoms with Gasteiger partial charge in [-0.05, 0) is 42.0 Å². The van der Waals surface area contributed by atoms with Crippen LogP contribution in [0.2, 0.25) is 0 Å². The summed E-state index contributed by atoms with van der Waals surface area (Å²) in [5.41, 5.74) is 0.694. The molecule has 0 aliphatic carbocycles. The van der Waals surface area contributed by atoms with Crippen molar-refractivity contribution < 1.29 is 41.7 Å². The van der Waals surface area contributed by atoms with Gasteiger partial charge in [0.2, 0.25) is 11.2 Å². The molecule has 1 saturated heterocycles. The summed E-state index contributed by atoms with van der Waals surface area (Å²) in [4.78, 5) is 29.2. The third-order valence-electron chi connectivity index (χ3n) is 6.62. The number of nitrogens with zero attached hydrogens (tertiary/aromatic N) is 2. The zero-order valence-electron chi connectivity index (χ0n) is 21.9. The van der Waals surface area contributed by atoms with Crippen LogP contribution in [-0.2, 0) is 16.1 Å². The van der Waals surface area contributed by atoms with E-state index in [0.29, 0.717) is 18.7 Å². The number of rotatable bonds is 9. The van der Waals surface area contributed by atoms with Crippen LogP contribution in [0, 0.1) is 0 Å². The number of carbonyl (C=O) groups excluding carboxylic acids is 1. The van der Waals surface area contributed by atoms with Gasteiger partial charge in [0.25, 0.3) is 0 Å². The van der Waals surface area contributed by atoms with E-state index in [1.165, 1.54) is 25.3 Å². The van der Waals surface area contributed by atoms with Gasteiger partial charge in [0.1, 0.15) is 17.3 Å². The fourth-order valence-corrected chi connectivity index (χ4v) is 4.56. The molecule has 1 aromatic heterocycles. The van der Waals surface area contributed by atoms with Crippen LogP contribution in [0.4, 0.5) is 18.9 Å². The molecular weight excluding hydrogens is 533 g/mol. The Morgan fingerprint density at radius 1 is 1.00 bits per heavy atom. The Hall–Kier alpha value is -4.19. The molecule has 1 aliphatic heterocycles. The van der Waals surface area contributed by atoms with Crippen molar-refractivity contribution in [1.29, 1.82) is 0 Å². The van der Waals surface area contributed by atoms with Gasteiger partial charge in [-0.1, -0.05) is 12.1 Å². The van der Waals surface area contributed by atoms with E-state index in [2.05, 4.69) is 14.5 Å². The van der Waals surface area contributed by atoms with Crippen LogP contribution in [0.25, 0.3) is 0 Å². The van der Waals surface area contributed by atoms with E-state index in [4.69, 9.17) is 13.9 Å². The summed E-state index contributed by atoms with van der Waals surface area (Å²) in [6.45, 7) is 3.11. The third kappa shape index (κ3) is 7.26. The number of methoxy groups -OCH3 is 2. The molecule has 0 bridgehead atoms. The molecule has 0 radical (unpaired) electrons. The zero-order chi connectivity index (χ0) is 28.9. The normalized spacial score (nSPS) is 15.0. The van der Waals surface area contributed by atoms with Gasteiger partial charge in [-0.25, -0.2) is 0 Å². The van der Waals surface area contributed by atoms with Gasteiger partial charge < -0.3 is 28.6 Å². The second-order valence-corrected chi connectivity index (χ2v) is 9.20. The fraction of sp³-hybridized carbons (Fsp3) is 0.357. The topological polar surface area (TPSA) is 102 Å². The monoisotopic (exact) mass is 562 g/mol. The van der Waals surface area contributed by atoms with Gasteiger partial charge in [-0.15, -0.1) is 13.2 Å². The van der Waals surface area contributed by atoms with E-state index in [9.17, 15) is 27.9 Å². The molecule has 0 saturated carbocycles. The van der Waals surface area contributed by atoms with Crippen molar-refractivity contribution in [3.05, 3.63) is 81.9 Å². The maximum atomic E-state index is 12.7. The lowest BCUT2D eigenvalue weighted by Gasteiger charge is -2.36.